The topological polar surface area (TPSA) is 136 Å². The molecule has 1 unspecified atom stereocenters. The number of nitrogens with two attached hydrogens (primary N) is 2. The van der Waals surface area contributed by atoms with Gasteiger partial charge in [0.1, 0.15) is 5.70 Å². The molecule has 0 spiro atoms. The number of nitrogen functional groups attached to an aromatic ring is 1. The van der Waals surface area contributed by atoms with Crippen LogP contribution in [0.4, 0.5) is 18.9 Å². The van der Waals surface area contributed by atoms with Crippen LogP contribution in [0.5, 0.6) is 0 Å². The Morgan fingerprint density at radius 2 is 2.00 bits per heavy atom. The number of hydrogen-bond acceptors (Lipinski definition) is 6. The van der Waals surface area contributed by atoms with Crippen molar-refractivity contribution in [3.8, 4) is 6.07 Å². The Kier molecular flexibility index (Phi) is 4.81. The van der Waals surface area contributed by atoms with Crippen LogP contribution < -0.4 is 11.5 Å². The van der Waals surface area contributed by atoms with Gasteiger partial charge < -0.3 is 22.3 Å². The molecule has 2 aromatic rings. The minimum atomic E-state index is -4.82. The van der Waals surface area contributed by atoms with Crippen molar-refractivity contribution < 1.29 is 13.2 Å². The fourth-order valence-electron chi connectivity index (χ4n) is 3.59. The van der Waals surface area contributed by atoms with E-state index in [1.807, 2.05) is 0 Å². The van der Waals surface area contributed by atoms with Crippen LogP contribution >= 0.6 is 0 Å². The van der Waals surface area contributed by atoms with Crippen LogP contribution in [0, 0.1) is 28.1 Å². The van der Waals surface area contributed by atoms with E-state index in [2.05, 4.69) is 11.1 Å². The van der Waals surface area contributed by atoms with E-state index in [-0.39, 0.29) is 18.0 Å². The SMILES string of the molecule is N#CC1CCc2c(c(C(C=N)=C(N)C(F)(F)F)nc3ccc(N)c(C=N)c23)C1. The van der Waals surface area contributed by atoms with Crippen molar-refractivity contribution in [3.63, 3.8) is 0 Å². The van der Waals surface area contributed by atoms with Gasteiger partial charge in [0.2, 0.25) is 0 Å². The van der Waals surface area contributed by atoms with Crippen LogP contribution in [-0.2, 0) is 12.8 Å². The molecule has 1 heterocycles. The van der Waals surface area contributed by atoms with E-state index in [0.717, 1.165) is 6.21 Å². The highest BCUT2D eigenvalue weighted by molar-refractivity contribution is 6.12. The summed E-state index contributed by atoms with van der Waals surface area (Å²) in [6.07, 6.45) is -2.03. The van der Waals surface area contributed by atoms with Crippen molar-refractivity contribution in [2.45, 2.75) is 25.4 Å². The number of aryl methyl sites for hydroxylation is 1. The van der Waals surface area contributed by atoms with Gasteiger partial charge in [0, 0.05) is 34.6 Å². The molecule has 0 saturated heterocycles. The molecule has 1 aliphatic carbocycles. The van der Waals surface area contributed by atoms with Crippen molar-refractivity contribution in [1.82, 2.24) is 4.98 Å². The summed E-state index contributed by atoms with van der Waals surface area (Å²) in [5.74, 6) is -0.380. The van der Waals surface area contributed by atoms with Crippen molar-refractivity contribution in [3.05, 3.63) is 40.2 Å². The number of nitrogens with zero attached hydrogens (tertiary/aromatic N) is 2. The Hall–Kier alpha value is -3.41. The second-order valence-corrected chi connectivity index (χ2v) is 6.56. The summed E-state index contributed by atoms with van der Waals surface area (Å²) in [6.45, 7) is 0. The van der Waals surface area contributed by atoms with Crippen LogP contribution in [0.2, 0.25) is 0 Å². The second-order valence-electron chi connectivity index (χ2n) is 6.56. The Labute approximate surface area is 158 Å². The van der Waals surface area contributed by atoms with Gasteiger partial charge in [0.05, 0.1) is 23.2 Å². The van der Waals surface area contributed by atoms with Crippen molar-refractivity contribution in [1.29, 1.82) is 16.1 Å². The smallest absolute Gasteiger partial charge is 0.398 e. The lowest BCUT2D eigenvalue weighted by molar-refractivity contribution is -0.0919. The largest absolute Gasteiger partial charge is 0.431 e. The number of rotatable bonds is 3. The third-order valence-corrected chi connectivity index (χ3v) is 4.96. The predicted molar refractivity (Wildman–Crippen MR) is 101 cm³/mol. The molecular formula is C19H17F3N6. The summed E-state index contributed by atoms with van der Waals surface area (Å²) in [5, 5.41) is 25.1. The van der Waals surface area contributed by atoms with Crippen LogP contribution in [0.15, 0.2) is 17.8 Å². The molecule has 6 nitrogen and oxygen atoms in total. The van der Waals surface area contributed by atoms with Gasteiger partial charge in [0.25, 0.3) is 0 Å². The first kappa shape index (κ1) is 19.4. The van der Waals surface area contributed by atoms with E-state index in [0.29, 0.717) is 52.3 Å². The van der Waals surface area contributed by atoms with Gasteiger partial charge in [-0.1, -0.05) is 0 Å². The molecule has 6 N–H and O–H groups in total. The molecule has 0 bridgehead atoms. The Morgan fingerprint density at radius 3 is 2.57 bits per heavy atom. The zero-order valence-electron chi connectivity index (χ0n) is 14.7. The molecule has 3 rings (SSSR count). The van der Waals surface area contributed by atoms with Gasteiger partial charge in [-0.05, 0) is 42.5 Å². The first-order valence-corrected chi connectivity index (χ1v) is 8.44. The number of alkyl halides is 3. The number of halogens is 3. The van der Waals surface area contributed by atoms with E-state index < -0.39 is 17.4 Å². The number of fused-ring (bicyclic) bond motifs is 3. The lowest BCUT2D eigenvalue weighted by Crippen LogP contribution is -2.24. The van der Waals surface area contributed by atoms with E-state index >= 15 is 0 Å². The summed E-state index contributed by atoms with van der Waals surface area (Å²) in [6, 6.07) is 5.26. The molecule has 0 radical (unpaired) electrons. The summed E-state index contributed by atoms with van der Waals surface area (Å²) in [4.78, 5) is 4.36. The van der Waals surface area contributed by atoms with E-state index in [4.69, 9.17) is 22.3 Å². The van der Waals surface area contributed by atoms with E-state index in [1.54, 1.807) is 6.07 Å². The Morgan fingerprint density at radius 1 is 1.29 bits per heavy atom. The van der Waals surface area contributed by atoms with E-state index in [1.165, 1.54) is 6.07 Å². The Balaban J connectivity index is 2.46. The first-order chi connectivity index (χ1) is 13.2. The van der Waals surface area contributed by atoms with Crippen molar-refractivity contribution in [2.24, 2.45) is 11.7 Å². The third-order valence-electron chi connectivity index (χ3n) is 4.96. The summed E-state index contributed by atoms with van der Waals surface area (Å²) in [5.41, 5.74) is 11.6. The number of pyridine rings is 1. The molecule has 0 fully saturated rings. The number of allylic oxidation sites excluding steroid dienone is 2. The highest BCUT2D eigenvalue weighted by Crippen LogP contribution is 2.38. The molecule has 0 amide bonds. The zero-order valence-corrected chi connectivity index (χ0v) is 14.7. The maximum Gasteiger partial charge on any atom is 0.431 e. The van der Waals surface area contributed by atoms with Gasteiger partial charge in [-0.25, -0.2) is 4.98 Å². The summed E-state index contributed by atoms with van der Waals surface area (Å²) >= 11 is 0. The van der Waals surface area contributed by atoms with Crippen LogP contribution in [0.1, 0.15) is 28.8 Å². The number of nitriles is 1. The minimum Gasteiger partial charge on any atom is -0.398 e. The van der Waals surface area contributed by atoms with Gasteiger partial charge in [0.15, 0.2) is 0 Å². The normalized spacial score (nSPS) is 17.4. The molecular weight excluding hydrogens is 369 g/mol. The fourth-order valence-corrected chi connectivity index (χ4v) is 3.59. The van der Waals surface area contributed by atoms with Crippen LogP contribution in [0.3, 0.4) is 0 Å². The average Bonchev–Trinajstić information content (AvgIpc) is 2.67. The van der Waals surface area contributed by atoms with Crippen LogP contribution in [-0.4, -0.2) is 23.6 Å². The molecule has 1 aliphatic rings. The maximum absolute atomic E-state index is 13.2. The second kappa shape index (κ2) is 6.96. The lowest BCUT2D eigenvalue weighted by atomic mass is 9.80. The number of nitrogens with one attached hydrogen (secondary N) is 2. The van der Waals surface area contributed by atoms with Gasteiger partial charge in [-0.3, -0.25) is 0 Å². The number of anilines is 1. The number of benzene rings is 1. The highest BCUT2D eigenvalue weighted by Gasteiger charge is 2.36. The molecule has 9 heteroatoms. The number of aromatic nitrogens is 1. The standard InChI is InChI=1S/C19H17F3N6/c20-19(21,22)18(27)13(8-25)17-11-5-9(6-23)1-2-10(11)16-12(7-24)14(26)3-4-15(16)28-17/h3-4,7-9,24-25H,1-2,5,26-27H2. The predicted octanol–water partition coefficient (Wildman–Crippen LogP) is 3.32. The maximum atomic E-state index is 13.2. The summed E-state index contributed by atoms with van der Waals surface area (Å²) < 4.78 is 39.7. The molecule has 0 aliphatic heterocycles. The molecule has 1 atom stereocenters. The van der Waals surface area contributed by atoms with Crippen LogP contribution in [0.25, 0.3) is 16.5 Å². The van der Waals surface area contributed by atoms with Gasteiger partial charge in [-0.2, -0.15) is 18.4 Å². The van der Waals surface area contributed by atoms with Crippen molar-refractivity contribution >= 4 is 34.6 Å². The lowest BCUT2D eigenvalue weighted by Gasteiger charge is -2.26. The minimum absolute atomic E-state index is 0.0482. The number of hydrogen-bond donors (Lipinski definition) is 4. The summed E-state index contributed by atoms with van der Waals surface area (Å²) in [7, 11) is 0. The highest BCUT2D eigenvalue weighted by atomic mass is 19.4. The first-order valence-electron chi connectivity index (χ1n) is 8.44. The fraction of sp³-hybridized carbons (Fsp3) is 0.263. The molecule has 0 saturated carbocycles. The molecule has 144 valence electrons. The van der Waals surface area contributed by atoms with Gasteiger partial charge in [-0.15, -0.1) is 0 Å². The van der Waals surface area contributed by atoms with E-state index in [9.17, 15) is 18.4 Å². The monoisotopic (exact) mass is 386 g/mol. The molecule has 1 aromatic carbocycles. The molecule has 28 heavy (non-hydrogen) atoms. The Bertz CT molecular complexity index is 1060. The average molecular weight is 386 g/mol. The van der Waals surface area contributed by atoms with Gasteiger partial charge >= 0.3 is 6.18 Å². The third kappa shape index (κ3) is 3.07. The van der Waals surface area contributed by atoms with Crippen molar-refractivity contribution in [2.75, 3.05) is 5.73 Å². The quantitative estimate of drug-likeness (QED) is 0.475. The zero-order chi connectivity index (χ0) is 20.6. The molecule has 1 aromatic heterocycles.